The molecule has 1 aromatic carbocycles. The van der Waals surface area contributed by atoms with E-state index in [0.717, 1.165) is 5.69 Å². The van der Waals surface area contributed by atoms with Gasteiger partial charge in [0.25, 0.3) is 0 Å². The van der Waals surface area contributed by atoms with Crippen molar-refractivity contribution in [2.75, 3.05) is 23.5 Å². The van der Waals surface area contributed by atoms with Crippen LogP contribution in [-0.2, 0) is 16.4 Å². The average Bonchev–Trinajstić information content (AvgIpc) is 2.68. The van der Waals surface area contributed by atoms with Crippen molar-refractivity contribution in [1.82, 2.24) is 0 Å². The fraction of sp³-hybridized carbons (Fsp3) is 0.500. The number of aliphatic hydroxyl groups is 1. The van der Waals surface area contributed by atoms with Crippen LogP contribution < -0.4 is 4.90 Å². The molecule has 6 heteroatoms. The van der Waals surface area contributed by atoms with Gasteiger partial charge in [0.2, 0.25) is 0 Å². The van der Waals surface area contributed by atoms with E-state index in [1.54, 1.807) is 18.2 Å². The second-order valence-electron chi connectivity index (χ2n) is 4.57. The summed E-state index contributed by atoms with van der Waals surface area (Å²) in [5.74, 6) is 0.376. The Bertz CT molecular complexity index is 544. The van der Waals surface area contributed by atoms with E-state index in [9.17, 15) is 13.5 Å². The number of anilines is 1. The zero-order valence-corrected chi connectivity index (χ0v) is 11.7. The number of hydrogen-bond acceptors (Lipinski definition) is 4. The summed E-state index contributed by atoms with van der Waals surface area (Å²) in [6.45, 7) is -0.111. The third-order valence-electron chi connectivity index (χ3n) is 3.35. The number of sulfone groups is 1. The van der Waals surface area contributed by atoms with Crippen molar-refractivity contribution in [2.24, 2.45) is 0 Å². The molecule has 0 bridgehead atoms. The number of rotatable bonds is 3. The van der Waals surface area contributed by atoms with Crippen molar-refractivity contribution in [3.63, 3.8) is 0 Å². The Labute approximate surface area is 112 Å². The van der Waals surface area contributed by atoms with Crippen LogP contribution in [-0.4, -0.2) is 38.1 Å². The maximum Gasteiger partial charge on any atom is 0.152 e. The Hall–Kier alpha value is -0.780. The van der Waals surface area contributed by atoms with Crippen LogP contribution in [0.15, 0.2) is 18.2 Å². The first-order valence-electron chi connectivity index (χ1n) is 5.76. The summed E-state index contributed by atoms with van der Waals surface area (Å²) in [7, 11) is -1.10. The summed E-state index contributed by atoms with van der Waals surface area (Å²) in [4.78, 5) is 1.87. The van der Waals surface area contributed by atoms with Crippen molar-refractivity contribution in [3.05, 3.63) is 28.8 Å². The maximum atomic E-state index is 11.5. The van der Waals surface area contributed by atoms with E-state index in [2.05, 4.69) is 0 Å². The number of halogens is 1. The molecule has 0 aromatic heterocycles. The molecule has 2 rings (SSSR count). The van der Waals surface area contributed by atoms with Gasteiger partial charge in [-0.2, -0.15) is 0 Å². The highest BCUT2D eigenvalue weighted by atomic mass is 35.5. The number of para-hydroxylation sites is 1. The van der Waals surface area contributed by atoms with Gasteiger partial charge in [-0.05, 0) is 12.5 Å². The number of hydrogen-bond donors (Lipinski definition) is 1. The van der Waals surface area contributed by atoms with Gasteiger partial charge in [-0.25, -0.2) is 8.42 Å². The zero-order valence-electron chi connectivity index (χ0n) is 10.1. The Morgan fingerprint density at radius 2 is 2.22 bits per heavy atom. The lowest BCUT2D eigenvalue weighted by Gasteiger charge is -2.28. The molecule has 1 heterocycles. The minimum atomic E-state index is -2.93. The van der Waals surface area contributed by atoms with Crippen molar-refractivity contribution in [1.29, 1.82) is 0 Å². The Morgan fingerprint density at radius 3 is 2.78 bits per heavy atom. The van der Waals surface area contributed by atoms with Gasteiger partial charge in [-0.3, -0.25) is 0 Å². The molecule has 0 spiro atoms. The van der Waals surface area contributed by atoms with Crippen molar-refractivity contribution in [2.45, 2.75) is 19.1 Å². The normalized spacial score (nSPS) is 22.1. The fourth-order valence-corrected chi connectivity index (χ4v) is 4.45. The smallest absolute Gasteiger partial charge is 0.152 e. The Kier molecular flexibility index (Phi) is 3.84. The fourth-order valence-electron chi connectivity index (χ4n) is 2.35. The van der Waals surface area contributed by atoms with E-state index in [4.69, 9.17) is 11.6 Å². The number of aliphatic hydroxyl groups excluding tert-OH is 1. The van der Waals surface area contributed by atoms with E-state index in [1.165, 1.54) is 0 Å². The van der Waals surface area contributed by atoms with Crippen molar-refractivity contribution >= 4 is 27.1 Å². The third-order valence-corrected chi connectivity index (χ3v) is 5.40. The highest BCUT2D eigenvalue weighted by Gasteiger charge is 2.32. The van der Waals surface area contributed by atoms with Gasteiger partial charge in [0.15, 0.2) is 9.84 Å². The molecule has 1 unspecified atom stereocenters. The average molecular weight is 290 g/mol. The van der Waals surface area contributed by atoms with E-state index >= 15 is 0 Å². The van der Waals surface area contributed by atoms with Crippen LogP contribution in [0.2, 0.25) is 5.02 Å². The number of nitrogens with zero attached hydrogens (tertiary/aromatic N) is 1. The molecule has 1 saturated heterocycles. The van der Waals surface area contributed by atoms with E-state index in [-0.39, 0.29) is 24.2 Å². The first-order valence-corrected chi connectivity index (χ1v) is 7.96. The molecule has 1 aromatic rings. The second kappa shape index (κ2) is 5.07. The molecular weight excluding hydrogens is 274 g/mol. The largest absolute Gasteiger partial charge is 0.392 e. The first-order chi connectivity index (χ1) is 8.44. The van der Waals surface area contributed by atoms with Gasteiger partial charge in [-0.15, -0.1) is 0 Å². The monoisotopic (exact) mass is 289 g/mol. The minimum Gasteiger partial charge on any atom is -0.392 e. The molecule has 0 saturated carbocycles. The summed E-state index contributed by atoms with van der Waals surface area (Å²) in [5.41, 5.74) is 1.44. The third kappa shape index (κ3) is 2.63. The van der Waals surface area contributed by atoms with Crippen LogP contribution in [0, 0.1) is 0 Å². The molecule has 1 N–H and O–H groups in total. The molecule has 18 heavy (non-hydrogen) atoms. The Morgan fingerprint density at radius 1 is 1.50 bits per heavy atom. The summed E-state index contributed by atoms with van der Waals surface area (Å²) in [6, 6.07) is 5.24. The van der Waals surface area contributed by atoms with Crippen LogP contribution in [0.5, 0.6) is 0 Å². The molecule has 0 radical (unpaired) electrons. The van der Waals surface area contributed by atoms with Gasteiger partial charge < -0.3 is 10.0 Å². The topological polar surface area (TPSA) is 57.6 Å². The molecule has 1 aliphatic rings. The molecule has 1 fully saturated rings. The second-order valence-corrected chi connectivity index (χ2v) is 7.21. The SMILES string of the molecule is CN(c1c(Cl)cccc1CO)C1CCS(=O)(=O)C1. The summed E-state index contributed by atoms with van der Waals surface area (Å²) in [5, 5.41) is 9.87. The molecular formula is C12H16ClNO3S. The lowest BCUT2D eigenvalue weighted by atomic mass is 10.1. The van der Waals surface area contributed by atoms with E-state index < -0.39 is 9.84 Å². The quantitative estimate of drug-likeness (QED) is 0.915. The molecule has 0 amide bonds. The van der Waals surface area contributed by atoms with Crippen molar-refractivity contribution < 1.29 is 13.5 Å². The van der Waals surface area contributed by atoms with Gasteiger partial charge >= 0.3 is 0 Å². The zero-order chi connectivity index (χ0) is 13.3. The lowest BCUT2D eigenvalue weighted by Crippen LogP contribution is -2.33. The lowest BCUT2D eigenvalue weighted by molar-refractivity contribution is 0.282. The molecule has 1 aliphatic heterocycles. The summed E-state index contributed by atoms with van der Waals surface area (Å²) < 4.78 is 23.0. The molecule has 0 aliphatic carbocycles. The van der Waals surface area contributed by atoms with Crippen LogP contribution >= 0.6 is 11.6 Å². The van der Waals surface area contributed by atoms with Crippen LogP contribution in [0.1, 0.15) is 12.0 Å². The highest BCUT2D eigenvalue weighted by molar-refractivity contribution is 7.91. The van der Waals surface area contributed by atoms with Crippen molar-refractivity contribution in [3.8, 4) is 0 Å². The van der Waals surface area contributed by atoms with Gasteiger partial charge in [-0.1, -0.05) is 23.7 Å². The predicted molar refractivity (Wildman–Crippen MR) is 72.8 cm³/mol. The molecule has 100 valence electrons. The maximum absolute atomic E-state index is 11.5. The van der Waals surface area contributed by atoms with Gasteiger partial charge in [0.05, 0.1) is 28.8 Å². The van der Waals surface area contributed by atoms with Crippen LogP contribution in [0.25, 0.3) is 0 Å². The van der Waals surface area contributed by atoms with Crippen LogP contribution in [0.3, 0.4) is 0 Å². The highest BCUT2D eigenvalue weighted by Crippen LogP contribution is 2.32. The first kappa shape index (κ1) is 13.6. The molecule has 1 atom stereocenters. The summed E-state index contributed by atoms with van der Waals surface area (Å²) in [6.07, 6.45) is 0.606. The number of benzene rings is 1. The van der Waals surface area contributed by atoms with Gasteiger partial charge in [0.1, 0.15) is 0 Å². The minimum absolute atomic E-state index is 0.0693. The van der Waals surface area contributed by atoms with E-state index in [1.807, 2.05) is 11.9 Å². The van der Waals surface area contributed by atoms with Gasteiger partial charge in [0, 0.05) is 18.7 Å². The predicted octanol–water partition coefficient (Wildman–Crippen LogP) is 1.46. The standard InChI is InChI=1S/C12H16ClNO3S/c1-14(10-5-6-18(16,17)8-10)12-9(7-15)3-2-4-11(12)13/h2-4,10,15H,5-8H2,1H3. The molecule has 4 nitrogen and oxygen atoms in total. The Balaban J connectivity index is 2.32. The van der Waals surface area contributed by atoms with Crippen LogP contribution in [0.4, 0.5) is 5.69 Å². The van der Waals surface area contributed by atoms with E-state index in [0.29, 0.717) is 17.0 Å². The summed E-state index contributed by atoms with van der Waals surface area (Å²) >= 11 is 6.15.